The summed E-state index contributed by atoms with van der Waals surface area (Å²) in [6.07, 6.45) is 3.30. The quantitative estimate of drug-likeness (QED) is 0.878. The van der Waals surface area contributed by atoms with Crippen LogP contribution in [0.5, 0.6) is 5.75 Å². The zero-order chi connectivity index (χ0) is 14.0. The molecule has 0 aliphatic heterocycles. The molecule has 0 unspecified atom stereocenters. The van der Waals surface area contributed by atoms with Gasteiger partial charge in [0.25, 0.3) is 0 Å². The fourth-order valence-corrected chi connectivity index (χ4v) is 2.96. The van der Waals surface area contributed by atoms with Crippen LogP contribution in [0.25, 0.3) is 10.8 Å². The van der Waals surface area contributed by atoms with Crippen LogP contribution >= 0.6 is 0 Å². The molecule has 1 saturated carbocycles. The van der Waals surface area contributed by atoms with Gasteiger partial charge in [-0.1, -0.05) is 30.3 Å². The van der Waals surface area contributed by atoms with Crippen LogP contribution in [0.2, 0.25) is 0 Å². The summed E-state index contributed by atoms with van der Waals surface area (Å²) in [5.41, 5.74) is 1.09. The second-order valence-electron chi connectivity index (χ2n) is 5.61. The third-order valence-electron chi connectivity index (χ3n) is 4.47. The van der Waals surface area contributed by atoms with Crippen LogP contribution in [-0.4, -0.2) is 24.4 Å². The van der Waals surface area contributed by atoms with E-state index >= 15 is 0 Å². The molecule has 0 aromatic heterocycles. The van der Waals surface area contributed by atoms with Gasteiger partial charge >= 0.3 is 0 Å². The standard InChI is InChI=1S/C17H21NO2/c1-20-16-8-7-13-5-2-3-6-14(13)15(16)11-18-17(12-19)9-4-10-17/h2-3,5-8,18-19H,4,9-12H2,1H3. The SMILES string of the molecule is COc1ccc2ccccc2c1CNC1(CO)CCC1. The molecule has 1 aliphatic rings. The summed E-state index contributed by atoms with van der Waals surface area (Å²) in [7, 11) is 1.71. The van der Waals surface area contributed by atoms with Crippen LogP contribution < -0.4 is 10.1 Å². The van der Waals surface area contributed by atoms with Crippen molar-refractivity contribution in [2.75, 3.05) is 13.7 Å². The van der Waals surface area contributed by atoms with Crippen LogP contribution in [0.3, 0.4) is 0 Å². The molecule has 0 heterocycles. The van der Waals surface area contributed by atoms with Gasteiger partial charge in [0.1, 0.15) is 5.75 Å². The van der Waals surface area contributed by atoms with E-state index in [-0.39, 0.29) is 12.1 Å². The molecule has 1 fully saturated rings. The van der Waals surface area contributed by atoms with Gasteiger partial charge in [-0.15, -0.1) is 0 Å². The van der Waals surface area contributed by atoms with E-state index in [0.29, 0.717) is 0 Å². The molecule has 0 radical (unpaired) electrons. The van der Waals surface area contributed by atoms with Crippen molar-refractivity contribution in [3.05, 3.63) is 42.0 Å². The summed E-state index contributed by atoms with van der Waals surface area (Å²) >= 11 is 0. The Balaban J connectivity index is 1.92. The van der Waals surface area contributed by atoms with Crippen LogP contribution in [-0.2, 0) is 6.54 Å². The van der Waals surface area contributed by atoms with Gasteiger partial charge in [0.2, 0.25) is 0 Å². The van der Waals surface area contributed by atoms with Crippen LogP contribution in [0.1, 0.15) is 24.8 Å². The average molecular weight is 271 g/mol. The van der Waals surface area contributed by atoms with Crippen LogP contribution in [0, 0.1) is 0 Å². The van der Waals surface area contributed by atoms with Gasteiger partial charge in [-0.25, -0.2) is 0 Å². The number of ether oxygens (including phenoxy) is 1. The van der Waals surface area contributed by atoms with E-state index in [1.807, 2.05) is 12.1 Å². The third-order valence-corrected chi connectivity index (χ3v) is 4.47. The predicted molar refractivity (Wildman–Crippen MR) is 81.0 cm³/mol. The van der Waals surface area contributed by atoms with Crippen molar-refractivity contribution >= 4 is 10.8 Å². The number of aliphatic hydroxyl groups is 1. The Morgan fingerprint density at radius 2 is 2.00 bits per heavy atom. The molecule has 0 bridgehead atoms. The van der Waals surface area contributed by atoms with Gasteiger partial charge in [0.15, 0.2) is 0 Å². The number of nitrogens with one attached hydrogen (secondary N) is 1. The molecule has 3 heteroatoms. The van der Waals surface area contributed by atoms with Crippen molar-refractivity contribution in [2.45, 2.75) is 31.3 Å². The van der Waals surface area contributed by atoms with E-state index in [2.05, 4.69) is 29.6 Å². The smallest absolute Gasteiger partial charge is 0.123 e. The van der Waals surface area contributed by atoms with Gasteiger partial charge in [-0.05, 0) is 36.1 Å². The van der Waals surface area contributed by atoms with Crippen molar-refractivity contribution in [3.8, 4) is 5.75 Å². The lowest BCUT2D eigenvalue weighted by Gasteiger charge is -2.41. The van der Waals surface area contributed by atoms with Crippen molar-refractivity contribution in [1.82, 2.24) is 5.32 Å². The highest BCUT2D eigenvalue weighted by Gasteiger charge is 2.35. The number of hydrogen-bond acceptors (Lipinski definition) is 3. The Morgan fingerprint density at radius 1 is 1.20 bits per heavy atom. The number of rotatable bonds is 5. The minimum atomic E-state index is -0.0814. The Kier molecular flexibility index (Phi) is 3.64. The Morgan fingerprint density at radius 3 is 2.65 bits per heavy atom. The monoisotopic (exact) mass is 271 g/mol. The number of methoxy groups -OCH3 is 1. The van der Waals surface area contributed by atoms with Crippen molar-refractivity contribution < 1.29 is 9.84 Å². The van der Waals surface area contributed by atoms with Crippen molar-refractivity contribution in [2.24, 2.45) is 0 Å². The summed E-state index contributed by atoms with van der Waals surface area (Å²) in [5.74, 6) is 0.906. The second-order valence-corrected chi connectivity index (χ2v) is 5.61. The molecule has 3 rings (SSSR count). The lowest BCUT2D eigenvalue weighted by molar-refractivity contribution is 0.0871. The number of benzene rings is 2. The Hall–Kier alpha value is -1.58. The molecular weight excluding hydrogens is 250 g/mol. The molecule has 0 amide bonds. The molecule has 2 N–H and O–H groups in total. The van der Waals surface area contributed by atoms with E-state index < -0.39 is 0 Å². The Labute approximate surface area is 119 Å². The summed E-state index contributed by atoms with van der Waals surface area (Å²) < 4.78 is 5.50. The largest absolute Gasteiger partial charge is 0.496 e. The predicted octanol–water partition coefficient (Wildman–Crippen LogP) is 2.85. The lowest BCUT2D eigenvalue weighted by Crippen LogP contribution is -2.53. The topological polar surface area (TPSA) is 41.5 Å². The fourth-order valence-electron chi connectivity index (χ4n) is 2.96. The highest BCUT2D eigenvalue weighted by atomic mass is 16.5. The van der Waals surface area contributed by atoms with Crippen LogP contribution in [0.15, 0.2) is 36.4 Å². The van der Waals surface area contributed by atoms with Crippen molar-refractivity contribution in [1.29, 1.82) is 0 Å². The average Bonchev–Trinajstić information content (AvgIpc) is 2.46. The number of fused-ring (bicyclic) bond motifs is 1. The lowest BCUT2D eigenvalue weighted by atomic mass is 9.77. The molecule has 2 aromatic rings. The highest BCUT2D eigenvalue weighted by molar-refractivity contribution is 5.87. The molecule has 106 valence electrons. The number of aliphatic hydroxyl groups excluding tert-OH is 1. The van der Waals surface area contributed by atoms with E-state index in [4.69, 9.17) is 4.74 Å². The normalized spacial score (nSPS) is 16.9. The van der Waals surface area contributed by atoms with Gasteiger partial charge in [-0.2, -0.15) is 0 Å². The maximum absolute atomic E-state index is 9.56. The first-order valence-electron chi connectivity index (χ1n) is 7.18. The van der Waals surface area contributed by atoms with Crippen molar-refractivity contribution in [3.63, 3.8) is 0 Å². The fraction of sp³-hybridized carbons (Fsp3) is 0.412. The highest BCUT2D eigenvalue weighted by Crippen LogP contribution is 2.33. The van der Waals surface area contributed by atoms with E-state index in [1.165, 1.54) is 22.8 Å². The first kappa shape index (κ1) is 13.4. The van der Waals surface area contributed by atoms with Crippen LogP contribution in [0.4, 0.5) is 0 Å². The molecular formula is C17H21NO2. The second kappa shape index (κ2) is 5.43. The summed E-state index contributed by atoms with van der Waals surface area (Å²) in [4.78, 5) is 0. The van der Waals surface area contributed by atoms with Gasteiger partial charge < -0.3 is 15.2 Å². The maximum atomic E-state index is 9.56. The van der Waals surface area contributed by atoms with Gasteiger partial charge in [0.05, 0.1) is 13.7 Å². The number of hydrogen-bond donors (Lipinski definition) is 2. The minimum absolute atomic E-state index is 0.0814. The molecule has 0 spiro atoms. The molecule has 1 aliphatic carbocycles. The van der Waals surface area contributed by atoms with E-state index in [9.17, 15) is 5.11 Å². The first-order valence-corrected chi connectivity index (χ1v) is 7.18. The van der Waals surface area contributed by atoms with Gasteiger partial charge in [0, 0.05) is 17.6 Å². The summed E-state index contributed by atoms with van der Waals surface area (Å²) in [5, 5.41) is 15.5. The molecule has 20 heavy (non-hydrogen) atoms. The van der Waals surface area contributed by atoms with Gasteiger partial charge in [-0.3, -0.25) is 0 Å². The minimum Gasteiger partial charge on any atom is -0.496 e. The molecule has 2 aromatic carbocycles. The summed E-state index contributed by atoms with van der Waals surface area (Å²) in [6, 6.07) is 12.4. The maximum Gasteiger partial charge on any atom is 0.123 e. The zero-order valence-corrected chi connectivity index (χ0v) is 11.9. The Bertz CT molecular complexity index is 599. The summed E-state index contributed by atoms with van der Waals surface area (Å²) in [6.45, 7) is 0.936. The molecule has 0 saturated heterocycles. The van der Waals surface area contributed by atoms with E-state index in [0.717, 1.165) is 25.1 Å². The zero-order valence-electron chi connectivity index (χ0n) is 11.9. The molecule has 0 atom stereocenters. The first-order chi connectivity index (χ1) is 9.78. The third kappa shape index (κ3) is 2.28. The molecule has 3 nitrogen and oxygen atoms in total. The van der Waals surface area contributed by atoms with E-state index in [1.54, 1.807) is 7.11 Å².